The lowest BCUT2D eigenvalue weighted by atomic mass is 9.93. The summed E-state index contributed by atoms with van der Waals surface area (Å²) in [5.41, 5.74) is 4.98. The van der Waals surface area contributed by atoms with Gasteiger partial charge in [-0.15, -0.1) is 0 Å². The molecular formula is C22H20N2+2. The first-order valence-corrected chi connectivity index (χ1v) is 8.16. The number of aromatic nitrogens is 2. The second kappa shape index (κ2) is 5.89. The van der Waals surface area contributed by atoms with Crippen molar-refractivity contribution in [2.75, 3.05) is 0 Å². The Bertz CT molecular complexity index is 1030. The second-order valence-electron chi connectivity index (χ2n) is 6.16. The van der Waals surface area contributed by atoms with Gasteiger partial charge in [-0.2, -0.15) is 0 Å². The zero-order valence-corrected chi connectivity index (χ0v) is 14.0. The Kier molecular flexibility index (Phi) is 3.58. The smallest absolute Gasteiger partial charge is 0.207 e. The van der Waals surface area contributed by atoms with Gasteiger partial charge in [0.15, 0.2) is 18.6 Å². The van der Waals surface area contributed by atoms with Crippen molar-refractivity contribution < 1.29 is 9.13 Å². The zero-order valence-electron chi connectivity index (χ0n) is 14.0. The number of rotatable bonds is 2. The van der Waals surface area contributed by atoms with Crippen molar-refractivity contribution in [3.63, 3.8) is 0 Å². The first-order valence-electron chi connectivity index (χ1n) is 8.16. The maximum absolute atomic E-state index is 2.21. The van der Waals surface area contributed by atoms with Crippen LogP contribution in [0.3, 0.4) is 0 Å². The van der Waals surface area contributed by atoms with Gasteiger partial charge < -0.3 is 0 Å². The standard InChI is InChI=1S/C22H20N2/c1-23-14-7-10-18(16-23)19-11-5-8-17-9-6-12-20(22(17)19)21-13-3-4-15-24(21)2/h3-16H,1-2H3/q+2. The molecule has 4 aromatic rings. The van der Waals surface area contributed by atoms with Crippen LogP contribution < -0.4 is 9.13 Å². The van der Waals surface area contributed by atoms with Crippen LogP contribution in [0.25, 0.3) is 33.2 Å². The van der Waals surface area contributed by atoms with Gasteiger partial charge in [-0.25, -0.2) is 9.13 Å². The average molecular weight is 312 g/mol. The Labute approximate surface area is 142 Å². The molecule has 116 valence electrons. The van der Waals surface area contributed by atoms with Crippen LogP contribution in [0.4, 0.5) is 0 Å². The van der Waals surface area contributed by atoms with Gasteiger partial charge >= 0.3 is 0 Å². The molecule has 0 saturated heterocycles. The number of benzene rings is 2. The molecule has 0 aliphatic carbocycles. The van der Waals surface area contributed by atoms with E-state index < -0.39 is 0 Å². The fourth-order valence-corrected chi connectivity index (χ4v) is 3.35. The molecule has 0 fully saturated rings. The molecule has 0 bridgehead atoms. The molecule has 0 radical (unpaired) electrons. The van der Waals surface area contributed by atoms with E-state index in [1.807, 2.05) is 0 Å². The van der Waals surface area contributed by atoms with Gasteiger partial charge in [0, 0.05) is 29.1 Å². The number of pyridine rings is 2. The molecule has 0 amide bonds. The monoisotopic (exact) mass is 312 g/mol. The van der Waals surface area contributed by atoms with Gasteiger partial charge in [0.25, 0.3) is 0 Å². The number of hydrogen-bond acceptors (Lipinski definition) is 0. The van der Waals surface area contributed by atoms with E-state index in [1.165, 1.54) is 33.2 Å². The summed E-state index contributed by atoms with van der Waals surface area (Å²) < 4.78 is 4.27. The Hall–Kier alpha value is -3.00. The van der Waals surface area contributed by atoms with E-state index in [-0.39, 0.29) is 0 Å². The lowest BCUT2D eigenvalue weighted by Gasteiger charge is -2.10. The summed E-state index contributed by atoms with van der Waals surface area (Å²) in [6.45, 7) is 0. The van der Waals surface area contributed by atoms with Crippen LogP contribution in [0.1, 0.15) is 0 Å². The minimum atomic E-state index is 1.22. The molecule has 2 heterocycles. The molecule has 0 N–H and O–H groups in total. The lowest BCUT2D eigenvalue weighted by Crippen LogP contribution is -2.30. The molecule has 24 heavy (non-hydrogen) atoms. The fraction of sp³-hybridized carbons (Fsp3) is 0.0909. The summed E-state index contributed by atoms with van der Waals surface area (Å²) in [5, 5.41) is 2.56. The molecule has 0 unspecified atom stereocenters. The van der Waals surface area contributed by atoms with Crippen molar-refractivity contribution in [2.24, 2.45) is 14.1 Å². The molecule has 2 heteroatoms. The highest BCUT2D eigenvalue weighted by atomic mass is 14.9. The zero-order chi connectivity index (χ0) is 16.5. The highest BCUT2D eigenvalue weighted by molar-refractivity contribution is 6.05. The quantitative estimate of drug-likeness (QED) is 0.497. The molecule has 0 aliphatic rings. The lowest BCUT2D eigenvalue weighted by molar-refractivity contribution is -0.671. The van der Waals surface area contributed by atoms with Crippen molar-refractivity contribution in [3.05, 3.63) is 85.3 Å². The normalized spacial score (nSPS) is 10.9. The summed E-state index contributed by atoms with van der Waals surface area (Å²) in [6, 6.07) is 23.7. The number of fused-ring (bicyclic) bond motifs is 1. The molecule has 0 spiro atoms. The van der Waals surface area contributed by atoms with Crippen molar-refractivity contribution in [1.29, 1.82) is 0 Å². The van der Waals surface area contributed by atoms with Crippen LogP contribution in [0.5, 0.6) is 0 Å². The van der Waals surface area contributed by atoms with E-state index in [4.69, 9.17) is 0 Å². The molecular weight excluding hydrogens is 292 g/mol. The van der Waals surface area contributed by atoms with Crippen LogP contribution in [0, 0.1) is 0 Å². The van der Waals surface area contributed by atoms with Crippen LogP contribution in [-0.4, -0.2) is 0 Å². The molecule has 2 aromatic heterocycles. The van der Waals surface area contributed by atoms with E-state index in [9.17, 15) is 0 Å². The minimum Gasteiger partial charge on any atom is -0.207 e. The molecule has 4 rings (SSSR count). The Morgan fingerprint density at radius 2 is 1.46 bits per heavy atom. The third kappa shape index (κ3) is 2.46. The van der Waals surface area contributed by atoms with E-state index >= 15 is 0 Å². The first-order chi connectivity index (χ1) is 11.7. The maximum Gasteiger partial charge on any atom is 0.212 e. The molecule has 2 nitrogen and oxygen atoms in total. The van der Waals surface area contributed by atoms with E-state index in [2.05, 4.69) is 109 Å². The van der Waals surface area contributed by atoms with Crippen LogP contribution in [-0.2, 0) is 14.1 Å². The number of nitrogens with zero attached hydrogens (tertiary/aromatic N) is 2. The van der Waals surface area contributed by atoms with Crippen LogP contribution in [0.2, 0.25) is 0 Å². The van der Waals surface area contributed by atoms with Crippen molar-refractivity contribution in [2.45, 2.75) is 0 Å². The fourth-order valence-electron chi connectivity index (χ4n) is 3.35. The van der Waals surface area contributed by atoms with E-state index in [0.717, 1.165) is 0 Å². The van der Waals surface area contributed by atoms with Gasteiger partial charge in [-0.05, 0) is 29.1 Å². The second-order valence-corrected chi connectivity index (χ2v) is 6.16. The first kappa shape index (κ1) is 14.6. The Balaban J connectivity index is 2.08. The van der Waals surface area contributed by atoms with Gasteiger partial charge in [0.2, 0.25) is 5.69 Å². The predicted molar refractivity (Wildman–Crippen MR) is 97.2 cm³/mol. The SMILES string of the molecule is C[n+]1cccc(-c2cccc3cccc(-c4cccc[n+]4C)c23)c1. The summed E-state index contributed by atoms with van der Waals surface area (Å²) in [6.07, 6.45) is 6.34. The molecule has 0 saturated carbocycles. The van der Waals surface area contributed by atoms with Gasteiger partial charge in [0.1, 0.15) is 14.1 Å². The highest BCUT2D eigenvalue weighted by Gasteiger charge is 2.16. The Morgan fingerprint density at radius 1 is 0.667 bits per heavy atom. The van der Waals surface area contributed by atoms with Crippen molar-refractivity contribution in [3.8, 4) is 22.4 Å². The third-order valence-electron chi connectivity index (χ3n) is 4.49. The van der Waals surface area contributed by atoms with Crippen molar-refractivity contribution in [1.82, 2.24) is 0 Å². The van der Waals surface area contributed by atoms with Gasteiger partial charge in [0.05, 0.1) is 5.56 Å². The summed E-state index contributed by atoms with van der Waals surface area (Å²) in [4.78, 5) is 0. The molecule has 0 aliphatic heterocycles. The van der Waals surface area contributed by atoms with Gasteiger partial charge in [-0.3, -0.25) is 0 Å². The van der Waals surface area contributed by atoms with Crippen molar-refractivity contribution >= 4 is 10.8 Å². The minimum absolute atomic E-state index is 1.22. The molecule has 0 atom stereocenters. The Morgan fingerprint density at radius 3 is 2.21 bits per heavy atom. The van der Waals surface area contributed by atoms with E-state index in [1.54, 1.807) is 0 Å². The topological polar surface area (TPSA) is 7.76 Å². The summed E-state index contributed by atoms with van der Waals surface area (Å²) in [5.74, 6) is 0. The van der Waals surface area contributed by atoms with Gasteiger partial charge in [-0.1, -0.05) is 30.3 Å². The maximum atomic E-state index is 2.21. The number of aryl methyl sites for hydroxylation is 2. The summed E-state index contributed by atoms with van der Waals surface area (Å²) in [7, 11) is 4.16. The van der Waals surface area contributed by atoms with Crippen LogP contribution in [0.15, 0.2) is 85.3 Å². The van der Waals surface area contributed by atoms with E-state index in [0.29, 0.717) is 0 Å². The highest BCUT2D eigenvalue weighted by Crippen LogP contribution is 2.34. The third-order valence-corrected chi connectivity index (χ3v) is 4.49. The predicted octanol–water partition coefficient (Wildman–Crippen LogP) is 3.82. The van der Waals surface area contributed by atoms with Crippen LogP contribution >= 0.6 is 0 Å². The largest absolute Gasteiger partial charge is 0.212 e. The summed E-state index contributed by atoms with van der Waals surface area (Å²) >= 11 is 0. The number of hydrogen-bond donors (Lipinski definition) is 0. The average Bonchev–Trinajstić information content (AvgIpc) is 2.61. The molecule has 2 aromatic carbocycles.